The van der Waals surface area contributed by atoms with Gasteiger partial charge >= 0.3 is 0 Å². The molecule has 15 heavy (non-hydrogen) atoms. The Kier molecular flexibility index (Phi) is 2.72. The van der Waals surface area contributed by atoms with Crippen LogP contribution in [0.1, 0.15) is 12.5 Å². The second kappa shape index (κ2) is 4.18. The normalized spacial score (nSPS) is 10.2. The molecule has 76 valence electrons. The molecule has 1 heteroatoms. The van der Waals surface area contributed by atoms with E-state index < -0.39 is 0 Å². The van der Waals surface area contributed by atoms with Gasteiger partial charge in [0.2, 0.25) is 0 Å². The van der Waals surface area contributed by atoms with Crippen molar-refractivity contribution in [2.45, 2.75) is 13.3 Å². The third kappa shape index (κ3) is 2.01. The van der Waals surface area contributed by atoms with E-state index in [9.17, 15) is 5.11 Å². The van der Waals surface area contributed by atoms with Crippen LogP contribution in [0.3, 0.4) is 0 Å². The van der Waals surface area contributed by atoms with Crippen LogP contribution in [0.15, 0.2) is 48.5 Å². The summed E-state index contributed by atoms with van der Waals surface area (Å²) in [5.74, 6) is 0.339. The molecule has 2 aromatic carbocycles. The van der Waals surface area contributed by atoms with Crippen molar-refractivity contribution in [2.75, 3.05) is 0 Å². The molecule has 0 aliphatic rings. The molecule has 0 radical (unpaired) electrons. The zero-order chi connectivity index (χ0) is 10.7. The van der Waals surface area contributed by atoms with E-state index in [1.165, 1.54) is 16.7 Å². The number of aromatic hydroxyl groups is 1. The first-order valence-electron chi connectivity index (χ1n) is 5.18. The molecule has 0 unspecified atom stereocenters. The summed E-state index contributed by atoms with van der Waals surface area (Å²) in [7, 11) is 0. The van der Waals surface area contributed by atoms with Gasteiger partial charge in [0.15, 0.2) is 0 Å². The first-order valence-corrected chi connectivity index (χ1v) is 5.18. The minimum atomic E-state index is 0.339. The van der Waals surface area contributed by atoms with E-state index in [1.54, 1.807) is 6.07 Å². The summed E-state index contributed by atoms with van der Waals surface area (Å²) < 4.78 is 0. The summed E-state index contributed by atoms with van der Waals surface area (Å²) in [6.07, 6.45) is 0.929. The maximum Gasteiger partial charge on any atom is 0.115 e. The van der Waals surface area contributed by atoms with Gasteiger partial charge in [-0.05, 0) is 35.2 Å². The van der Waals surface area contributed by atoms with E-state index in [0.717, 1.165) is 6.42 Å². The molecule has 0 saturated carbocycles. The Morgan fingerprint density at radius 1 is 1.00 bits per heavy atom. The van der Waals surface area contributed by atoms with Crippen LogP contribution in [-0.2, 0) is 6.42 Å². The molecule has 0 aromatic heterocycles. The fraction of sp³-hybridized carbons (Fsp3) is 0.143. The fourth-order valence-electron chi connectivity index (χ4n) is 1.77. The van der Waals surface area contributed by atoms with E-state index >= 15 is 0 Å². The molecule has 0 saturated heterocycles. The van der Waals surface area contributed by atoms with Gasteiger partial charge in [0.25, 0.3) is 0 Å². The second-order valence-corrected chi connectivity index (χ2v) is 3.56. The monoisotopic (exact) mass is 198 g/mol. The average molecular weight is 198 g/mol. The Morgan fingerprint density at radius 2 is 1.73 bits per heavy atom. The van der Waals surface area contributed by atoms with Crippen molar-refractivity contribution >= 4 is 0 Å². The predicted octanol–water partition coefficient (Wildman–Crippen LogP) is 3.62. The molecular weight excluding hydrogens is 184 g/mol. The molecule has 0 aliphatic heterocycles. The van der Waals surface area contributed by atoms with E-state index in [-0.39, 0.29) is 0 Å². The van der Waals surface area contributed by atoms with Gasteiger partial charge < -0.3 is 5.11 Å². The highest BCUT2D eigenvalue weighted by Crippen LogP contribution is 2.26. The molecule has 0 atom stereocenters. The molecule has 2 aromatic rings. The Balaban J connectivity index is 2.53. The number of phenolic OH excluding ortho intramolecular Hbond substituents is 1. The Hall–Kier alpha value is -1.76. The molecule has 1 N–H and O–H groups in total. The summed E-state index contributed by atoms with van der Waals surface area (Å²) in [4.78, 5) is 0. The van der Waals surface area contributed by atoms with Gasteiger partial charge in [-0.3, -0.25) is 0 Å². The molecule has 0 aliphatic carbocycles. The standard InChI is InChI=1S/C14H14O/c1-2-11-10-13(15)8-9-14(11)12-6-4-3-5-7-12/h3-10,15H,2H2,1H3. The first kappa shape index (κ1) is 9.78. The molecular formula is C14H14O. The molecule has 0 heterocycles. The highest BCUT2D eigenvalue weighted by atomic mass is 16.3. The third-order valence-corrected chi connectivity index (χ3v) is 2.55. The second-order valence-electron chi connectivity index (χ2n) is 3.56. The minimum Gasteiger partial charge on any atom is -0.508 e. The van der Waals surface area contributed by atoms with Crippen molar-refractivity contribution in [1.82, 2.24) is 0 Å². The van der Waals surface area contributed by atoms with Gasteiger partial charge in [0, 0.05) is 0 Å². The topological polar surface area (TPSA) is 20.2 Å². The number of benzene rings is 2. The predicted molar refractivity (Wildman–Crippen MR) is 62.9 cm³/mol. The highest BCUT2D eigenvalue weighted by molar-refractivity contribution is 5.68. The van der Waals surface area contributed by atoms with Crippen LogP contribution in [-0.4, -0.2) is 5.11 Å². The Morgan fingerprint density at radius 3 is 2.40 bits per heavy atom. The van der Waals surface area contributed by atoms with Crippen LogP contribution in [0.5, 0.6) is 5.75 Å². The summed E-state index contributed by atoms with van der Waals surface area (Å²) >= 11 is 0. The van der Waals surface area contributed by atoms with Crippen LogP contribution < -0.4 is 0 Å². The van der Waals surface area contributed by atoms with Gasteiger partial charge in [-0.15, -0.1) is 0 Å². The van der Waals surface area contributed by atoms with E-state index in [0.29, 0.717) is 5.75 Å². The lowest BCUT2D eigenvalue weighted by molar-refractivity contribution is 0.474. The number of hydrogen-bond donors (Lipinski definition) is 1. The summed E-state index contributed by atoms with van der Waals surface area (Å²) in [5.41, 5.74) is 3.59. The number of rotatable bonds is 2. The summed E-state index contributed by atoms with van der Waals surface area (Å²) in [6.45, 7) is 2.10. The molecule has 1 nitrogen and oxygen atoms in total. The van der Waals surface area contributed by atoms with Gasteiger partial charge in [-0.25, -0.2) is 0 Å². The molecule has 0 fully saturated rings. The maximum absolute atomic E-state index is 9.42. The van der Waals surface area contributed by atoms with Crippen LogP contribution >= 0.6 is 0 Å². The number of phenols is 1. The Labute approximate surface area is 90.0 Å². The van der Waals surface area contributed by atoms with Gasteiger partial charge in [0.05, 0.1) is 0 Å². The van der Waals surface area contributed by atoms with Crippen LogP contribution in [0.25, 0.3) is 11.1 Å². The summed E-state index contributed by atoms with van der Waals surface area (Å²) in [6, 6.07) is 15.8. The van der Waals surface area contributed by atoms with Crippen LogP contribution in [0.2, 0.25) is 0 Å². The maximum atomic E-state index is 9.42. The van der Waals surface area contributed by atoms with Crippen molar-refractivity contribution in [3.63, 3.8) is 0 Å². The van der Waals surface area contributed by atoms with Crippen molar-refractivity contribution < 1.29 is 5.11 Å². The minimum absolute atomic E-state index is 0.339. The van der Waals surface area contributed by atoms with Crippen molar-refractivity contribution in [1.29, 1.82) is 0 Å². The van der Waals surface area contributed by atoms with Crippen molar-refractivity contribution in [2.24, 2.45) is 0 Å². The quantitative estimate of drug-likeness (QED) is 0.781. The van der Waals surface area contributed by atoms with Crippen molar-refractivity contribution in [3.8, 4) is 16.9 Å². The molecule has 0 spiro atoms. The molecule has 0 bridgehead atoms. The van der Waals surface area contributed by atoms with Gasteiger partial charge in [-0.2, -0.15) is 0 Å². The van der Waals surface area contributed by atoms with E-state index in [1.807, 2.05) is 30.3 Å². The van der Waals surface area contributed by atoms with E-state index in [2.05, 4.69) is 19.1 Å². The molecule has 2 rings (SSSR count). The third-order valence-electron chi connectivity index (χ3n) is 2.55. The number of hydrogen-bond acceptors (Lipinski definition) is 1. The first-order chi connectivity index (χ1) is 7.31. The van der Waals surface area contributed by atoms with Gasteiger partial charge in [0.1, 0.15) is 5.75 Å². The van der Waals surface area contributed by atoms with Crippen LogP contribution in [0, 0.1) is 0 Å². The highest BCUT2D eigenvalue weighted by Gasteiger charge is 2.03. The lowest BCUT2D eigenvalue weighted by Crippen LogP contribution is -1.86. The van der Waals surface area contributed by atoms with Gasteiger partial charge in [-0.1, -0.05) is 43.3 Å². The smallest absolute Gasteiger partial charge is 0.115 e. The largest absolute Gasteiger partial charge is 0.508 e. The lowest BCUT2D eigenvalue weighted by Gasteiger charge is -2.08. The SMILES string of the molecule is CCc1cc(O)ccc1-c1ccccc1. The van der Waals surface area contributed by atoms with E-state index in [4.69, 9.17) is 0 Å². The lowest BCUT2D eigenvalue weighted by atomic mass is 9.98. The van der Waals surface area contributed by atoms with Crippen molar-refractivity contribution in [3.05, 3.63) is 54.1 Å². The van der Waals surface area contributed by atoms with Crippen LogP contribution in [0.4, 0.5) is 0 Å². The Bertz CT molecular complexity index is 446. The summed E-state index contributed by atoms with van der Waals surface area (Å²) in [5, 5.41) is 9.42. The zero-order valence-electron chi connectivity index (χ0n) is 8.77. The fourth-order valence-corrected chi connectivity index (χ4v) is 1.77. The average Bonchev–Trinajstić information content (AvgIpc) is 2.30. The zero-order valence-corrected chi connectivity index (χ0v) is 8.77. The molecule has 0 amide bonds. The number of aryl methyl sites for hydroxylation is 1.